The van der Waals surface area contributed by atoms with Gasteiger partial charge in [0.2, 0.25) is 0 Å². The highest BCUT2D eigenvalue weighted by atomic mass is 16.5. The van der Waals surface area contributed by atoms with E-state index in [1.165, 1.54) is 0 Å². The Morgan fingerprint density at radius 1 is 1.50 bits per heavy atom. The lowest BCUT2D eigenvalue weighted by molar-refractivity contribution is -0.110. The van der Waals surface area contributed by atoms with E-state index in [4.69, 9.17) is 10.5 Å². The fourth-order valence-electron chi connectivity index (χ4n) is 1.37. The van der Waals surface area contributed by atoms with Crippen molar-refractivity contribution in [3.63, 3.8) is 0 Å². The average Bonchev–Trinajstić information content (AvgIpc) is 1.82. The van der Waals surface area contributed by atoms with Gasteiger partial charge in [-0.25, -0.2) is 0 Å². The summed E-state index contributed by atoms with van der Waals surface area (Å²) in [5.41, 5.74) is 5.63. The lowest BCUT2D eigenvalue weighted by Gasteiger charge is -2.34. The molecule has 1 fully saturated rings. The van der Waals surface area contributed by atoms with Gasteiger partial charge in [0.15, 0.2) is 0 Å². The monoisotopic (exact) mass is 145 g/mol. The summed E-state index contributed by atoms with van der Waals surface area (Å²) in [7, 11) is 0. The summed E-state index contributed by atoms with van der Waals surface area (Å²) in [5.74, 6) is 0. The first-order valence-corrected chi connectivity index (χ1v) is 3.70. The second kappa shape index (κ2) is 2.86. The summed E-state index contributed by atoms with van der Waals surface area (Å²) in [5, 5.41) is 9.31. The molecule has 0 aromatic carbocycles. The molecule has 0 aromatic rings. The lowest BCUT2D eigenvalue weighted by atomic mass is 9.98. The zero-order chi connectivity index (χ0) is 7.72. The van der Waals surface area contributed by atoms with Gasteiger partial charge in [-0.05, 0) is 20.3 Å². The third kappa shape index (κ3) is 1.48. The summed E-state index contributed by atoms with van der Waals surface area (Å²) >= 11 is 0. The van der Waals surface area contributed by atoms with Gasteiger partial charge in [-0.1, -0.05) is 0 Å². The van der Waals surface area contributed by atoms with E-state index in [1.807, 2.05) is 13.8 Å². The van der Waals surface area contributed by atoms with Crippen LogP contribution in [0, 0.1) is 0 Å². The first-order valence-electron chi connectivity index (χ1n) is 3.70. The van der Waals surface area contributed by atoms with Crippen LogP contribution in [0.1, 0.15) is 20.3 Å². The molecule has 3 heteroatoms. The van der Waals surface area contributed by atoms with Gasteiger partial charge in [-0.2, -0.15) is 0 Å². The van der Waals surface area contributed by atoms with Crippen LogP contribution in [0.4, 0.5) is 0 Å². The molecule has 0 bridgehead atoms. The molecule has 10 heavy (non-hydrogen) atoms. The summed E-state index contributed by atoms with van der Waals surface area (Å²) in [6, 6.07) is -0.112. The number of hydrogen-bond acceptors (Lipinski definition) is 3. The van der Waals surface area contributed by atoms with Gasteiger partial charge >= 0.3 is 0 Å². The van der Waals surface area contributed by atoms with Crippen LogP contribution in [0.2, 0.25) is 0 Å². The Hall–Kier alpha value is -0.120. The second-order valence-corrected chi connectivity index (χ2v) is 3.04. The van der Waals surface area contributed by atoms with Crippen molar-refractivity contribution in [3.05, 3.63) is 0 Å². The van der Waals surface area contributed by atoms with Crippen molar-refractivity contribution in [1.29, 1.82) is 0 Å². The van der Waals surface area contributed by atoms with Gasteiger partial charge in [-0.3, -0.25) is 0 Å². The first-order chi connectivity index (χ1) is 4.61. The number of aliphatic hydroxyl groups excluding tert-OH is 1. The molecule has 1 heterocycles. The van der Waals surface area contributed by atoms with Crippen molar-refractivity contribution in [2.75, 3.05) is 0 Å². The highest BCUT2D eigenvalue weighted by Gasteiger charge is 2.30. The van der Waals surface area contributed by atoms with E-state index < -0.39 is 6.10 Å². The molecule has 3 N–H and O–H groups in total. The summed E-state index contributed by atoms with van der Waals surface area (Å²) < 4.78 is 5.34. The summed E-state index contributed by atoms with van der Waals surface area (Å²) in [4.78, 5) is 0. The predicted molar refractivity (Wildman–Crippen MR) is 38.6 cm³/mol. The smallest absolute Gasteiger partial charge is 0.0950 e. The Balaban J connectivity index is 2.49. The third-order valence-electron chi connectivity index (χ3n) is 1.97. The summed E-state index contributed by atoms with van der Waals surface area (Å²) in [6.45, 7) is 3.82. The Bertz CT molecular complexity index is 106. The third-order valence-corrected chi connectivity index (χ3v) is 1.97. The molecule has 60 valence electrons. The largest absolute Gasteiger partial charge is 0.389 e. The van der Waals surface area contributed by atoms with E-state index >= 15 is 0 Å². The standard InChI is InChI=1S/C7H15NO2/c1-4-3-6(8)7(9)5(2)10-4/h4-7,9H,3,8H2,1-2H3/t4?,5-,6-,7-/m0/s1. The summed E-state index contributed by atoms with van der Waals surface area (Å²) in [6.07, 6.45) is 0.342. The number of ether oxygens (including phenoxy) is 1. The minimum absolute atomic E-state index is 0.112. The van der Waals surface area contributed by atoms with Crippen LogP contribution in [0.5, 0.6) is 0 Å². The van der Waals surface area contributed by atoms with Crippen LogP contribution < -0.4 is 5.73 Å². The molecule has 1 unspecified atom stereocenters. The molecule has 1 saturated heterocycles. The van der Waals surface area contributed by atoms with Gasteiger partial charge in [0.05, 0.1) is 18.3 Å². The lowest BCUT2D eigenvalue weighted by Crippen LogP contribution is -2.50. The molecule has 0 amide bonds. The van der Waals surface area contributed by atoms with Crippen molar-refractivity contribution < 1.29 is 9.84 Å². The second-order valence-electron chi connectivity index (χ2n) is 3.04. The topological polar surface area (TPSA) is 55.5 Å². The predicted octanol–water partition coefficient (Wildman–Crippen LogP) is -0.128. The molecule has 1 aliphatic heterocycles. The molecule has 3 nitrogen and oxygen atoms in total. The van der Waals surface area contributed by atoms with Crippen LogP contribution in [-0.4, -0.2) is 29.5 Å². The molecular weight excluding hydrogens is 130 g/mol. The van der Waals surface area contributed by atoms with Gasteiger partial charge < -0.3 is 15.6 Å². The fraction of sp³-hybridized carbons (Fsp3) is 1.00. The Morgan fingerprint density at radius 3 is 2.60 bits per heavy atom. The number of rotatable bonds is 0. The van der Waals surface area contributed by atoms with Gasteiger partial charge in [0.25, 0.3) is 0 Å². The average molecular weight is 145 g/mol. The molecule has 0 radical (unpaired) electrons. The van der Waals surface area contributed by atoms with Crippen LogP contribution in [-0.2, 0) is 4.74 Å². The first kappa shape index (κ1) is 7.98. The van der Waals surface area contributed by atoms with E-state index in [-0.39, 0.29) is 18.2 Å². The quantitative estimate of drug-likeness (QED) is 0.499. The Labute approximate surface area is 61.2 Å². The van der Waals surface area contributed by atoms with Gasteiger partial charge in [0, 0.05) is 6.04 Å². The van der Waals surface area contributed by atoms with Crippen molar-refractivity contribution in [2.24, 2.45) is 5.73 Å². The zero-order valence-corrected chi connectivity index (χ0v) is 6.45. The minimum Gasteiger partial charge on any atom is -0.389 e. The Morgan fingerprint density at radius 2 is 2.10 bits per heavy atom. The normalized spacial score (nSPS) is 49.2. The molecule has 0 saturated carbocycles. The van der Waals surface area contributed by atoms with Crippen molar-refractivity contribution in [1.82, 2.24) is 0 Å². The highest BCUT2D eigenvalue weighted by molar-refractivity contribution is 4.84. The Kier molecular flexibility index (Phi) is 2.28. The molecule has 1 rings (SSSR count). The van der Waals surface area contributed by atoms with Crippen LogP contribution in [0.25, 0.3) is 0 Å². The fourth-order valence-corrected chi connectivity index (χ4v) is 1.37. The van der Waals surface area contributed by atoms with Crippen molar-refractivity contribution in [2.45, 2.75) is 44.6 Å². The molecule has 0 aromatic heterocycles. The van der Waals surface area contributed by atoms with E-state index in [1.54, 1.807) is 0 Å². The number of hydrogen-bond donors (Lipinski definition) is 2. The minimum atomic E-state index is -0.490. The molecule has 0 aliphatic carbocycles. The maximum Gasteiger partial charge on any atom is 0.0950 e. The van der Waals surface area contributed by atoms with Gasteiger partial charge in [-0.15, -0.1) is 0 Å². The highest BCUT2D eigenvalue weighted by Crippen LogP contribution is 2.17. The number of aliphatic hydroxyl groups is 1. The maximum atomic E-state index is 9.31. The van der Waals surface area contributed by atoms with E-state index in [0.717, 1.165) is 6.42 Å². The number of nitrogens with two attached hydrogens (primary N) is 1. The zero-order valence-electron chi connectivity index (χ0n) is 6.45. The van der Waals surface area contributed by atoms with Crippen LogP contribution in [0.15, 0.2) is 0 Å². The van der Waals surface area contributed by atoms with E-state index in [2.05, 4.69) is 0 Å². The van der Waals surface area contributed by atoms with Crippen molar-refractivity contribution in [3.8, 4) is 0 Å². The van der Waals surface area contributed by atoms with E-state index in [0.29, 0.717) is 0 Å². The SMILES string of the molecule is CC1C[C@H](N)[C@@H](O)[C@H](C)O1. The molecule has 1 aliphatic rings. The molecular formula is C7H15NO2. The molecule has 0 spiro atoms. The van der Waals surface area contributed by atoms with Crippen LogP contribution >= 0.6 is 0 Å². The van der Waals surface area contributed by atoms with Crippen molar-refractivity contribution >= 4 is 0 Å². The maximum absolute atomic E-state index is 9.31. The van der Waals surface area contributed by atoms with E-state index in [9.17, 15) is 5.11 Å². The van der Waals surface area contributed by atoms with Gasteiger partial charge in [0.1, 0.15) is 0 Å². The van der Waals surface area contributed by atoms with Crippen LogP contribution in [0.3, 0.4) is 0 Å². The molecule has 4 atom stereocenters.